The lowest BCUT2D eigenvalue weighted by molar-refractivity contribution is -0.119. The van der Waals surface area contributed by atoms with Gasteiger partial charge in [-0.3, -0.25) is 4.79 Å². The minimum atomic E-state index is -0.765. The van der Waals surface area contributed by atoms with Crippen LogP contribution in [0.5, 0.6) is 0 Å². The normalized spacial score (nSPS) is 10.8. The van der Waals surface area contributed by atoms with Gasteiger partial charge in [-0.15, -0.1) is 0 Å². The molecule has 8 heteroatoms. The number of ether oxygens (including phenoxy) is 2. The van der Waals surface area contributed by atoms with Crippen molar-refractivity contribution in [3.8, 4) is 0 Å². The smallest absolute Gasteiger partial charge is 0.375 e. The maximum absolute atomic E-state index is 12.4. The maximum Gasteiger partial charge on any atom is 0.375 e. The van der Waals surface area contributed by atoms with E-state index < -0.39 is 18.5 Å². The number of furan rings is 1. The number of carbonyl (C=O) groups excluding carboxylic acids is 2. The number of fused-ring (bicyclic) bond motifs is 1. The van der Waals surface area contributed by atoms with Crippen LogP contribution in [0.15, 0.2) is 46.9 Å². The summed E-state index contributed by atoms with van der Waals surface area (Å²) in [5.74, 6) is -1.34. The van der Waals surface area contributed by atoms with Crippen LogP contribution in [0.25, 0.3) is 11.0 Å². The molecule has 0 fully saturated rings. The molecule has 0 aliphatic rings. The molecule has 3 aromatic rings. The van der Waals surface area contributed by atoms with Crippen molar-refractivity contribution in [3.63, 3.8) is 0 Å². The van der Waals surface area contributed by atoms with Crippen LogP contribution in [0.3, 0.4) is 0 Å². The first-order chi connectivity index (χ1) is 13.0. The van der Waals surface area contributed by atoms with Crippen LogP contribution in [0, 0.1) is 0 Å². The van der Waals surface area contributed by atoms with Crippen LogP contribution in [-0.4, -0.2) is 25.6 Å². The molecule has 0 bridgehead atoms. The van der Waals surface area contributed by atoms with Gasteiger partial charge >= 0.3 is 5.97 Å². The molecule has 0 unspecified atom stereocenters. The van der Waals surface area contributed by atoms with E-state index in [-0.39, 0.29) is 28.1 Å². The number of benzene rings is 2. The van der Waals surface area contributed by atoms with Crippen LogP contribution in [0.1, 0.15) is 16.1 Å². The van der Waals surface area contributed by atoms with E-state index in [0.717, 1.165) is 5.39 Å². The summed E-state index contributed by atoms with van der Waals surface area (Å²) < 4.78 is 15.8. The third kappa shape index (κ3) is 4.24. The van der Waals surface area contributed by atoms with Crippen LogP contribution in [0.4, 0.5) is 5.69 Å². The Morgan fingerprint density at radius 1 is 1.07 bits per heavy atom. The number of hydrogen-bond donors (Lipinski definition) is 1. The van der Waals surface area contributed by atoms with Gasteiger partial charge in [-0.05, 0) is 18.2 Å². The highest BCUT2D eigenvalue weighted by atomic mass is 35.5. The summed E-state index contributed by atoms with van der Waals surface area (Å²) in [5.41, 5.74) is 1.35. The van der Waals surface area contributed by atoms with Crippen molar-refractivity contribution in [1.82, 2.24) is 0 Å². The van der Waals surface area contributed by atoms with Crippen molar-refractivity contribution in [2.75, 3.05) is 19.0 Å². The van der Waals surface area contributed by atoms with E-state index in [1.54, 1.807) is 30.3 Å². The van der Waals surface area contributed by atoms with Gasteiger partial charge in [0.2, 0.25) is 5.76 Å². The molecular formula is C19H15Cl2NO5. The summed E-state index contributed by atoms with van der Waals surface area (Å²) >= 11 is 12.0. The number of para-hydroxylation sites is 2. The van der Waals surface area contributed by atoms with Crippen molar-refractivity contribution < 1.29 is 23.5 Å². The first kappa shape index (κ1) is 19.2. The average Bonchev–Trinajstić information content (AvgIpc) is 3.02. The Bertz CT molecular complexity index is 979. The van der Waals surface area contributed by atoms with E-state index in [1.807, 2.05) is 12.1 Å². The van der Waals surface area contributed by atoms with E-state index >= 15 is 0 Å². The largest absolute Gasteiger partial charge is 0.450 e. The van der Waals surface area contributed by atoms with Crippen LogP contribution in [-0.2, 0) is 20.9 Å². The Morgan fingerprint density at radius 3 is 2.48 bits per heavy atom. The van der Waals surface area contributed by atoms with Crippen molar-refractivity contribution in [3.05, 3.63) is 63.8 Å². The molecule has 0 saturated heterocycles. The zero-order chi connectivity index (χ0) is 19.4. The quantitative estimate of drug-likeness (QED) is 0.600. The topological polar surface area (TPSA) is 77.8 Å². The SMILES string of the molecule is COCc1c(C(=O)OCC(=O)Nc2c(Cl)cccc2Cl)oc2ccccc12. The first-order valence-corrected chi connectivity index (χ1v) is 8.67. The predicted octanol–water partition coefficient (Wildman–Crippen LogP) is 4.68. The fraction of sp³-hybridized carbons (Fsp3) is 0.158. The Labute approximate surface area is 164 Å². The summed E-state index contributed by atoms with van der Waals surface area (Å²) in [4.78, 5) is 24.5. The van der Waals surface area contributed by atoms with Crippen molar-refractivity contribution in [1.29, 1.82) is 0 Å². The Kier molecular flexibility index (Phi) is 6.01. The lowest BCUT2D eigenvalue weighted by atomic mass is 10.1. The first-order valence-electron chi connectivity index (χ1n) is 7.91. The van der Waals surface area contributed by atoms with Gasteiger partial charge in [-0.1, -0.05) is 47.5 Å². The second-order valence-corrected chi connectivity index (χ2v) is 6.37. The number of esters is 1. The number of anilines is 1. The zero-order valence-corrected chi connectivity index (χ0v) is 15.8. The fourth-order valence-corrected chi connectivity index (χ4v) is 3.03. The molecular weight excluding hydrogens is 393 g/mol. The van der Waals surface area contributed by atoms with Crippen molar-refractivity contribution in [2.24, 2.45) is 0 Å². The molecule has 0 aliphatic carbocycles. The van der Waals surface area contributed by atoms with Gasteiger partial charge in [0.15, 0.2) is 6.61 Å². The molecule has 3 rings (SSSR count). The molecule has 0 aliphatic heterocycles. The molecule has 1 aromatic heterocycles. The molecule has 1 amide bonds. The van der Waals surface area contributed by atoms with E-state index in [2.05, 4.69) is 5.32 Å². The molecule has 6 nitrogen and oxygen atoms in total. The molecule has 0 saturated carbocycles. The van der Waals surface area contributed by atoms with Crippen molar-refractivity contribution >= 4 is 51.7 Å². The standard InChI is InChI=1S/C19H15Cl2NO5/c1-25-9-12-11-5-2-3-8-15(11)27-18(12)19(24)26-10-16(23)22-17-13(20)6-4-7-14(17)21/h2-8H,9-10H2,1H3,(H,22,23). The van der Waals surface area contributed by atoms with E-state index in [9.17, 15) is 9.59 Å². The zero-order valence-electron chi connectivity index (χ0n) is 14.3. The highest BCUT2D eigenvalue weighted by Crippen LogP contribution is 2.30. The van der Waals surface area contributed by atoms with Gasteiger partial charge in [0.1, 0.15) is 5.58 Å². The van der Waals surface area contributed by atoms with Crippen molar-refractivity contribution in [2.45, 2.75) is 6.61 Å². The highest BCUT2D eigenvalue weighted by molar-refractivity contribution is 6.39. The minimum absolute atomic E-state index is 0.00151. The monoisotopic (exact) mass is 407 g/mol. The molecule has 0 atom stereocenters. The summed E-state index contributed by atoms with van der Waals surface area (Å²) in [6.45, 7) is -0.354. The third-order valence-corrected chi connectivity index (χ3v) is 4.36. The lowest BCUT2D eigenvalue weighted by Crippen LogP contribution is -2.21. The van der Waals surface area contributed by atoms with E-state index in [1.165, 1.54) is 7.11 Å². The van der Waals surface area contributed by atoms with Gasteiger partial charge < -0.3 is 19.2 Å². The third-order valence-electron chi connectivity index (χ3n) is 3.73. The summed E-state index contributed by atoms with van der Waals surface area (Å²) in [7, 11) is 1.51. The van der Waals surface area contributed by atoms with Crippen LogP contribution in [0.2, 0.25) is 10.0 Å². The molecule has 0 radical (unpaired) electrons. The number of halogens is 2. The maximum atomic E-state index is 12.4. The fourth-order valence-electron chi connectivity index (χ4n) is 2.54. The van der Waals surface area contributed by atoms with Gasteiger partial charge in [-0.2, -0.15) is 0 Å². The summed E-state index contributed by atoms with van der Waals surface area (Å²) in [6.07, 6.45) is 0. The minimum Gasteiger partial charge on any atom is -0.450 e. The van der Waals surface area contributed by atoms with Gasteiger partial charge in [-0.25, -0.2) is 4.79 Å². The summed E-state index contributed by atoms with van der Waals surface area (Å²) in [5, 5.41) is 3.82. The average molecular weight is 408 g/mol. The molecule has 2 aromatic carbocycles. The molecule has 0 spiro atoms. The second-order valence-electron chi connectivity index (χ2n) is 5.56. The predicted molar refractivity (Wildman–Crippen MR) is 102 cm³/mol. The molecule has 140 valence electrons. The second kappa shape index (κ2) is 8.43. The number of nitrogens with one attached hydrogen (secondary N) is 1. The molecule has 27 heavy (non-hydrogen) atoms. The van der Waals surface area contributed by atoms with Gasteiger partial charge in [0.25, 0.3) is 5.91 Å². The van der Waals surface area contributed by atoms with Gasteiger partial charge in [0.05, 0.1) is 22.3 Å². The summed E-state index contributed by atoms with van der Waals surface area (Å²) in [6, 6.07) is 12.0. The number of methoxy groups -OCH3 is 1. The Balaban J connectivity index is 1.71. The van der Waals surface area contributed by atoms with E-state index in [0.29, 0.717) is 11.1 Å². The number of carbonyl (C=O) groups is 2. The molecule has 1 heterocycles. The van der Waals surface area contributed by atoms with Crippen LogP contribution < -0.4 is 5.32 Å². The number of amides is 1. The lowest BCUT2D eigenvalue weighted by Gasteiger charge is -2.09. The molecule has 1 N–H and O–H groups in total. The van der Waals surface area contributed by atoms with Crippen LogP contribution >= 0.6 is 23.2 Å². The Hall–Kier alpha value is -2.54. The highest BCUT2D eigenvalue weighted by Gasteiger charge is 2.22. The van der Waals surface area contributed by atoms with E-state index in [4.69, 9.17) is 37.1 Å². The van der Waals surface area contributed by atoms with Gasteiger partial charge in [0, 0.05) is 18.1 Å². The number of rotatable bonds is 6. The number of hydrogen-bond acceptors (Lipinski definition) is 5. The Morgan fingerprint density at radius 2 is 1.78 bits per heavy atom.